The lowest BCUT2D eigenvalue weighted by Crippen LogP contribution is -2.27. The van der Waals surface area contributed by atoms with E-state index in [1.807, 2.05) is 0 Å². The number of carbonyl (C=O) groups excluding carboxylic acids is 1. The van der Waals surface area contributed by atoms with Gasteiger partial charge in [0.15, 0.2) is 5.82 Å². The quantitative estimate of drug-likeness (QED) is 0.751. The van der Waals surface area contributed by atoms with Crippen LogP contribution in [0.1, 0.15) is 48.9 Å². The first-order valence-corrected chi connectivity index (χ1v) is 8.44. The fourth-order valence-corrected chi connectivity index (χ4v) is 2.58. The van der Waals surface area contributed by atoms with E-state index in [2.05, 4.69) is 34.3 Å². The maximum atomic E-state index is 12.5. The molecule has 1 atom stereocenters. The molecule has 0 aliphatic rings. The van der Waals surface area contributed by atoms with E-state index >= 15 is 0 Å². The maximum absolute atomic E-state index is 12.5. The van der Waals surface area contributed by atoms with Crippen molar-refractivity contribution >= 4 is 16.8 Å². The van der Waals surface area contributed by atoms with Gasteiger partial charge in [-0.2, -0.15) is 4.98 Å². The van der Waals surface area contributed by atoms with Gasteiger partial charge in [0.25, 0.3) is 11.5 Å². The lowest BCUT2D eigenvalue weighted by Gasteiger charge is -2.10. The molecule has 26 heavy (non-hydrogen) atoms. The number of hydrogen-bond donors (Lipinski definition) is 1. The van der Waals surface area contributed by atoms with Gasteiger partial charge in [0.2, 0.25) is 5.89 Å². The summed E-state index contributed by atoms with van der Waals surface area (Å²) in [5, 5.41) is 7.22. The summed E-state index contributed by atoms with van der Waals surface area (Å²) >= 11 is 0. The van der Waals surface area contributed by atoms with Crippen LogP contribution in [0.2, 0.25) is 0 Å². The number of hydrogen-bond acceptors (Lipinski definition) is 6. The Morgan fingerprint density at radius 2 is 2.08 bits per heavy atom. The van der Waals surface area contributed by atoms with Gasteiger partial charge in [-0.3, -0.25) is 9.59 Å². The average Bonchev–Trinajstić information content (AvgIpc) is 3.05. The van der Waals surface area contributed by atoms with E-state index in [-0.39, 0.29) is 11.5 Å². The van der Waals surface area contributed by atoms with Crippen molar-refractivity contribution in [1.29, 1.82) is 0 Å². The van der Waals surface area contributed by atoms with Gasteiger partial charge in [-0.25, -0.2) is 4.98 Å². The summed E-state index contributed by atoms with van der Waals surface area (Å²) < 4.78 is 6.63. The van der Waals surface area contributed by atoms with Gasteiger partial charge in [-0.05, 0) is 31.0 Å². The molecule has 0 radical (unpaired) electrons. The van der Waals surface area contributed by atoms with Crippen molar-refractivity contribution < 1.29 is 9.32 Å². The van der Waals surface area contributed by atoms with Crippen LogP contribution < -0.4 is 10.9 Å². The van der Waals surface area contributed by atoms with Crippen molar-refractivity contribution in [2.24, 2.45) is 13.0 Å². The predicted octanol–water partition coefficient (Wildman–Crippen LogP) is 2.01. The first-order valence-electron chi connectivity index (χ1n) is 8.44. The van der Waals surface area contributed by atoms with Crippen LogP contribution in [-0.2, 0) is 13.5 Å². The van der Waals surface area contributed by atoms with Crippen LogP contribution in [0.25, 0.3) is 10.9 Å². The van der Waals surface area contributed by atoms with E-state index in [0.29, 0.717) is 34.1 Å². The van der Waals surface area contributed by atoms with Crippen LogP contribution in [0.15, 0.2) is 33.8 Å². The van der Waals surface area contributed by atoms with Gasteiger partial charge in [-0.15, -0.1) is 0 Å². The second kappa shape index (κ2) is 7.07. The molecule has 8 nitrogen and oxygen atoms in total. The number of aromatic nitrogens is 4. The molecular weight excluding hydrogens is 334 g/mol. The average molecular weight is 355 g/mol. The van der Waals surface area contributed by atoms with E-state index in [0.717, 1.165) is 6.42 Å². The topological polar surface area (TPSA) is 103 Å². The van der Waals surface area contributed by atoms with Crippen molar-refractivity contribution in [3.8, 4) is 0 Å². The van der Waals surface area contributed by atoms with Gasteiger partial charge in [0.05, 0.1) is 17.2 Å². The van der Waals surface area contributed by atoms with E-state index in [9.17, 15) is 9.59 Å². The Labute approximate surface area is 150 Å². The molecule has 2 heterocycles. The monoisotopic (exact) mass is 355 g/mol. The van der Waals surface area contributed by atoms with E-state index in [1.165, 1.54) is 10.9 Å². The highest BCUT2D eigenvalue weighted by Crippen LogP contribution is 2.14. The number of rotatable bonds is 5. The molecule has 0 saturated carbocycles. The molecule has 1 amide bonds. The van der Waals surface area contributed by atoms with Gasteiger partial charge >= 0.3 is 0 Å². The minimum absolute atomic E-state index is 0.154. The normalized spacial score (nSPS) is 12.5. The zero-order chi connectivity index (χ0) is 18.8. The molecule has 2 aromatic heterocycles. The van der Waals surface area contributed by atoms with Gasteiger partial charge in [0, 0.05) is 19.0 Å². The van der Waals surface area contributed by atoms with Gasteiger partial charge in [0.1, 0.15) is 6.04 Å². The molecule has 0 saturated heterocycles. The van der Waals surface area contributed by atoms with Gasteiger partial charge < -0.3 is 14.4 Å². The zero-order valence-corrected chi connectivity index (χ0v) is 15.2. The lowest BCUT2D eigenvalue weighted by atomic mass is 10.1. The summed E-state index contributed by atoms with van der Waals surface area (Å²) in [7, 11) is 1.63. The summed E-state index contributed by atoms with van der Waals surface area (Å²) in [6.07, 6.45) is 2.15. The number of aryl methyl sites for hydroxylation is 1. The first kappa shape index (κ1) is 17.8. The van der Waals surface area contributed by atoms with Crippen molar-refractivity contribution in [3.05, 3.63) is 52.2 Å². The summed E-state index contributed by atoms with van der Waals surface area (Å²) in [4.78, 5) is 33.1. The molecule has 0 unspecified atom stereocenters. The van der Waals surface area contributed by atoms with Crippen molar-refractivity contribution in [3.63, 3.8) is 0 Å². The first-order chi connectivity index (χ1) is 12.3. The number of carbonyl (C=O) groups is 1. The van der Waals surface area contributed by atoms with Crippen LogP contribution in [0.3, 0.4) is 0 Å². The third-order valence-corrected chi connectivity index (χ3v) is 3.97. The molecule has 8 heteroatoms. The van der Waals surface area contributed by atoms with E-state index in [4.69, 9.17) is 4.52 Å². The highest BCUT2D eigenvalue weighted by atomic mass is 16.5. The van der Waals surface area contributed by atoms with Crippen LogP contribution in [0.4, 0.5) is 0 Å². The molecule has 0 aliphatic carbocycles. The fourth-order valence-electron chi connectivity index (χ4n) is 2.58. The Hall–Kier alpha value is -3.03. The van der Waals surface area contributed by atoms with Crippen molar-refractivity contribution in [1.82, 2.24) is 25.0 Å². The molecule has 0 fully saturated rings. The number of nitrogens with one attached hydrogen (secondary N) is 1. The second-order valence-corrected chi connectivity index (χ2v) is 6.73. The molecule has 3 rings (SSSR count). The number of amides is 1. The summed E-state index contributed by atoms with van der Waals surface area (Å²) in [5.74, 6) is 1.11. The molecular formula is C18H21N5O3. The minimum atomic E-state index is -0.428. The molecule has 0 spiro atoms. The van der Waals surface area contributed by atoms with Crippen LogP contribution in [0, 0.1) is 5.92 Å². The fraction of sp³-hybridized carbons (Fsp3) is 0.389. The number of benzene rings is 1. The summed E-state index contributed by atoms with van der Waals surface area (Å²) in [6.45, 7) is 5.92. The Morgan fingerprint density at radius 3 is 2.81 bits per heavy atom. The third-order valence-electron chi connectivity index (χ3n) is 3.97. The molecule has 1 aromatic carbocycles. The van der Waals surface area contributed by atoms with Crippen LogP contribution in [-0.4, -0.2) is 25.6 Å². The lowest BCUT2D eigenvalue weighted by molar-refractivity contribution is 0.0932. The smallest absolute Gasteiger partial charge is 0.260 e. The van der Waals surface area contributed by atoms with E-state index in [1.54, 1.807) is 32.2 Å². The van der Waals surface area contributed by atoms with Crippen LogP contribution >= 0.6 is 0 Å². The SMILES string of the molecule is CC(C)Cc1noc([C@@H](C)NC(=O)c2ccc3c(=O)n(C)cnc3c2)n1. The molecule has 0 aliphatic heterocycles. The Balaban J connectivity index is 1.77. The van der Waals surface area contributed by atoms with Crippen molar-refractivity contribution in [2.45, 2.75) is 33.2 Å². The Morgan fingerprint density at radius 1 is 1.31 bits per heavy atom. The highest BCUT2D eigenvalue weighted by molar-refractivity contribution is 5.97. The maximum Gasteiger partial charge on any atom is 0.260 e. The van der Waals surface area contributed by atoms with Crippen molar-refractivity contribution in [2.75, 3.05) is 0 Å². The van der Waals surface area contributed by atoms with E-state index < -0.39 is 6.04 Å². The molecule has 136 valence electrons. The minimum Gasteiger partial charge on any atom is -0.341 e. The molecule has 3 aromatic rings. The standard InChI is InChI=1S/C18H21N5O3/c1-10(2)7-15-21-17(26-22-15)11(3)20-16(24)12-5-6-13-14(8-12)19-9-23(4)18(13)25/h5-6,8-11H,7H2,1-4H3,(H,20,24)/t11-/m1/s1. The number of fused-ring (bicyclic) bond motifs is 1. The van der Waals surface area contributed by atoms with Crippen LogP contribution in [0.5, 0.6) is 0 Å². The van der Waals surface area contributed by atoms with Gasteiger partial charge in [-0.1, -0.05) is 19.0 Å². The summed E-state index contributed by atoms with van der Waals surface area (Å²) in [5.41, 5.74) is 0.733. The molecule has 0 bridgehead atoms. The predicted molar refractivity (Wildman–Crippen MR) is 95.7 cm³/mol. The third kappa shape index (κ3) is 3.63. The Kier molecular flexibility index (Phi) is 4.83. The number of nitrogens with zero attached hydrogens (tertiary/aromatic N) is 4. The second-order valence-electron chi connectivity index (χ2n) is 6.73. The Bertz CT molecular complexity index is 1010. The summed E-state index contributed by atoms with van der Waals surface area (Å²) in [6, 6.07) is 4.38. The highest BCUT2D eigenvalue weighted by Gasteiger charge is 2.18. The molecule has 1 N–H and O–H groups in total. The zero-order valence-electron chi connectivity index (χ0n) is 15.2. The largest absolute Gasteiger partial charge is 0.341 e.